The summed E-state index contributed by atoms with van der Waals surface area (Å²) in [4.78, 5) is 30.8. The Morgan fingerprint density at radius 3 is 2.71 bits per heavy atom. The fraction of sp³-hybridized carbons (Fsp3) is 0.531. The Morgan fingerprint density at radius 1 is 1.27 bits per heavy atom. The first-order chi connectivity index (χ1) is 19.6. The van der Waals surface area contributed by atoms with Crippen molar-refractivity contribution in [1.82, 2.24) is 4.90 Å². The number of aliphatic hydroxyl groups is 1. The monoisotopic (exact) mass is 566 g/mol. The number of benzene rings is 1. The predicted molar refractivity (Wildman–Crippen MR) is 156 cm³/mol. The van der Waals surface area contributed by atoms with Gasteiger partial charge in [-0.2, -0.15) is 0 Å². The second-order valence-corrected chi connectivity index (χ2v) is 11.9. The molecule has 1 amide bonds. The van der Waals surface area contributed by atoms with Crippen molar-refractivity contribution in [3.63, 3.8) is 0 Å². The number of aliphatic hydroxyl groups excluding tert-OH is 1. The largest absolute Gasteiger partial charge is 0.481 e. The molecule has 1 aromatic heterocycles. The number of hydrogen-bond donors (Lipinski definition) is 2. The van der Waals surface area contributed by atoms with Crippen molar-refractivity contribution in [2.45, 2.75) is 65.5 Å². The molecule has 2 aliphatic heterocycles. The summed E-state index contributed by atoms with van der Waals surface area (Å²) in [5.41, 5.74) is 1.89. The van der Waals surface area contributed by atoms with Gasteiger partial charge in [0.1, 0.15) is 12.7 Å². The minimum Gasteiger partial charge on any atom is -0.481 e. The second kappa shape index (κ2) is 13.0. The van der Waals surface area contributed by atoms with Crippen LogP contribution in [-0.4, -0.2) is 59.5 Å². The van der Waals surface area contributed by atoms with E-state index in [2.05, 4.69) is 31.7 Å². The number of amides is 1. The maximum absolute atomic E-state index is 14.0. The van der Waals surface area contributed by atoms with Crippen LogP contribution in [0.3, 0.4) is 0 Å². The number of pyridine rings is 1. The summed E-state index contributed by atoms with van der Waals surface area (Å²) in [5.74, 6) is -1.08. The van der Waals surface area contributed by atoms with Gasteiger partial charge in [-0.15, -0.1) is 0 Å². The number of unbranched alkanes of at least 4 members (excludes halogenated alkanes) is 1. The fourth-order valence-electron chi connectivity index (χ4n) is 6.29. The van der Waals surface area contributed by atoms with Crippen LogP contribution in [0.15, 0.2) is 48.8 Å². The first-order valence-corrected chi connectivity index (χ1v) is 14.5. The molecule has 1 saturated heterocycles. The molecule has 1 aromatic carbocycles. The lowest BCUT2D eigenvalue weighted by atomic mass is 9.77. The number of hydrogen-bond acceptors (Lipinski definition) is 6. The lowest BCUT2D eigenvalue weighted by Gasteiger charge is -2.33. The van der Waals surface area contributed by atoms with Crippen molar-refractivity contribution in [3.05, 3.63) is 59.9 Å². The van der Waals surface area contributed by atoms with Gasteiger partial charge in [0.2, 0.25) is 12.7 Å². The summed E-state index contributed by atoms with van der Waals surface area (Å²) in [6.45, 7) is 9.17. The van der Waals surface area contributed by atoms with Crippen LogP contribution in [0.4, 0.5) is 5.69 Å². The van der Waals surface area contributed by atoms with Gasteiger partial charge >= 0.3 is 5.97 Å². The third-order valence-corrected chi connectivity index (χ3v) is 8.17. The lowest BCUT2D eigenvalue weighted by molar-refractivity contribution is -0.670. The van der Waals surface area contributed by atoms with E-state index in [1.807, 2.05) is 66.2 Å². The highest BCUT2D eigenvalue weighted by Crippen LogP contribution is 2.46. The van der Waals surface area contributed by atoms with Gasteiger partial charge in [0.05, 0.1) is 19.1 Å². The molecule has 2 aromatic rings. The fourth-order valence-corrected chi connectivity index (χ4v) is 6.29. The zero-order valence-corrected chi connectivity index (χ0v) is 24.9. The van der Waals surface area contributed by atoms with E-state index in [-0.39, 0.29) is 37.3 Å². The second-order valence-electron chi connectivity index (χ2n) is 11.9. The normalized spacial score (nSPS) is 20.6. The maximum Gasteiger partial charge on any atom is 0.308 e. The van der Waals surface area contributed by atoms with Gasteiger partial charge in [0.25, 0.3) is 0 Å². The van der Waals surface area contributed by atoms with Crippen LogP contribution in [-0.2, 0) is 23.2 Å². The van der Waals surface area contributed by atoms with Crippen LogP contribution in [0.1, 0.15) is 64.0 Å². The molecule has 1 fully saturated rings. The molecule has 2 N–H and O–H groups in total. The molecule has 41 heavy (non-hydrogen) atoms. The lowest BCUT2D eigenvalue weighted by Crippen LogP contribution is -2.46. The molecule has 0 saturated carbocycles. The van der Waals surface area contributed by atoms with Crippen LogP contribution >= 0.6 is 0 Å². The Kier molecular flexibility index (Phi) is 9.71. The van der Waals surface area contributed by atoms with Crippen molar-refractivity contribution in [2.75, 3.05) is 31.3 Å². The molecule has 0 unspecified atom stereocenters. The van der Waals surface area contributed by atoms with Gasteiger partial charge in [-0.05, 0) is 48.9 Å². The van der Waals surface area contributed by atoms with Gasteiger partial charge in [-0.3, -0.25) is 14.5 Å². The first-order valence-electron chi connectivity index (χ1n) is 14.5. The van der Waals surface area contributed by atoms with Gasteiger partial charge in [0.15, 0.2) is 23.9 Å². The van der Waals surface area contributed by atoms with Crippen molar-refractivity contribution >= 4 is 17.6 Å². The van der Waals surface area contributed by atoms with E-state index in [4.69, 9.17) is 9.47 Å². The van der Waals surface area contributed by atoms with Gasteiger partial charge in [0, 0.05) is 36.7 Å². The molecule has 222 valence electrons. The molecular weight excluding hydrogens is 522 g/mol. The molecule has 3 atom stereocenters. The number of carbonyl (C=O) groups excluding carboxylic acids is 1. The van der Waals surface area contributed by atoms with Crippen LogP contribution < -0.4 is 18.9 Å². The Morgan fingerprint density at radius 2 is 2.05 bits per heavy atom. The van der Waals surface area contributed by atoms with Crippen LogP contribution in [0.2, 0.25) is 0 Å². The number of fused-ring (bicyclic) bond motifs is 1. The van der Waals surface area contributed by atoms with Gasteiger partial charge in [-0.25, -0.2) is 4.57 Å². The summed E-state index contributed by atoms with van der Waals surface area (Å²) in [6, 6.07) is 7.14. The highest BCUT2D eigenvalue weighted by Gasteiger charge is 2.49. The van der Waals surface area contributed by atoms with Crippen LogP contribution in [0, 0.1) is 11.3 Å². The van der Waals surface area contributed by atoms with Crippen LogP contribution in [0.5, 0.6) is 11.5 Å². The number of allylic oxidation sites excluding steroid dienone is 2. The van der Waals surface area contributed by atoms with E-state index < -0.39 is 17.8 Å². The number of nitrogens with zero attached hydrogens (tertiary/aromatic N) is 3. The summed E-state index contributed by atoms with van der Waals surface area (Å²) in [6.07, 6.45) is 10.4. The van der Waals surface area contributed by atoms with Gasteiger partial charge in [-0.1, -0.05) is 39.3 Å². The number of carbonyl (C=O) groups is 2. The molecule has 3 heterocycles. The highest BCUT2D eigenvalue weighted by molar-refractivity contribution is 5.94. The number of rotatable bonds is 12. The Balaban J connectivity index is 1.72. The molecule has 2 aliphatic rings. The zero-order chi connectivity index (χ0) is 29.7. The molecule has 0 bridgehead atoms. The summed E-state index contributed by atoms with van der Waals surface area (Å²) >= 11 is 0. The van der Waals surface area contributed by atoms with Crippen molar-refractivity contribution in [3.8, 4) is 11.5 Å². The number of likely N-dealkylation sites (tertiary alicyclic amines) is 1. The number of ether oxygens (including phenoxy) is 2. The molecule has 0 aliphatic carbocycles. The zero-order valence-electron chi connectivity index (χ0n) is 24.9. The van der Waals surface area contributed by atoms with Crippen molar-refractivity contribution in [2.24, 2.45) is 18.4 Å². The smallest absolute Gasteiger partial charge is 0.308 e. The van der Waals surface area contributed by atoms with Gasteiger partial charge < -0.3 is 24.6 Å². The summed E-state index contributed by atoms with van der Waals surface area (Å²) < 4.78 is 13.1. The molecule has 9 nitrogen and oxygen atoms in total. The number of aliphatic carboxylic acids is 1. The molecule has 9 heteroatoms. The quantitative estimate of drug-likeness (QED) is 0.295. The van der Waals surface area contributed by atoms with Crippen molar-refractivity contribution < 1.29 is 33.8 Å². The van der Waals surface area contributed by atoms with E-state index in [0.717, 1.165) is 24.1 Å². The predicted octanol–water partition coefficient (Wildman–Crippen LogP) is 4.03. The third kappa shape index (κ3) is 6.90. The standard InChI is InChI=1S/C32H43N3O6/c1-6-8-13-35(24-10-9-12-33(5)17-24)28(37)19-34-18-25(22-14-23(20-36)30-27(15-22)40-21-41-30)29(31(38)39)26(34)16-32(3,4)11-7-2/h7,9-12,14-15,17,25-26,29,36H,6,8,13,16,18-21H2,1-5H3/p+1/b11-7+/t25-,26+,29-/m1/s1. The Labute approximate surface area is 243 Å². The number of carboxylic acids is 1. The van der Waals surface area contributed by atoms with E-state index in [9.17, 15) is 19.8 Å². The average molecular weight is 567 g/mol. The summed E-state index contributed by atoms with van der Waals surface area (Å²) in [5, 5.41) is 20.6. The Bertz CT molecular complexity index is 1280. The van der Waals surface area contributed by atoms with E-state index in [1.54, 1.807) is 0 Å². The maximum atomic E-state index is 14.0. The molecule has 0 radical (unpaired) electrons. The number of aryl methyl sites for hydroxylation is 1. The molecule has 4 rings (SSSR count). The Hall–Kier alpha value is -3.43. The molecular formula is C32H44N3O6+. The van der Waals surface area contributed by atoms with E-state index in [0.29, 0.717) is 36.6 Å². The van der Waals surface area contributed by atoms with E-state index >= 15 is 0 Å². The third-order valence-electron chi connectivity index (χ3n) is 8.17. The number of aromatic nitrogens is 1. The molecule has 0 spiro atoms. The van der Waals surface area contributed by atoms with Crippen LogP contribution in [0.25, 0.3) is 0 Å². The van der Waals surface area contributed by atoms with E-state index in [1.165, 1.54) is 0 Å². The SMILES string of the molecule is C/C=C/C(C)(C)C[C@H]1[C@H](C(=O)O)[C@@H](c2cc(CO)c3c(c2)OCO3)CN1CC(=O)N(CCCC)c1ccc[n+](C)c1. The average Bonchev–Trinajstić information content (AvgIpc) is 3.53. The van der Waals surface area contributed by atoms with Crippen molar-refractivity contribution in [1.29, 1.82) is 0 Å². The minimum atomic E-state index is -0.896. The number of carboxylic acid groups (broad SMARTS) is 1. The topological polar surface area (TPSA) is 103 Å². The minimum absolute atomic E-state index is 0.0509. The number of anilines is 1. The highest BCUT2D eigenvalue weighted by atomic mass is 16.7. The summed E-state index contributed by atoms with van der Waals surface area (Å²) in [7, 11) is 1.93. The first kappa shape index (κ1) is 30.5.